The highest BCUT2D eigenvalue weighted by molar-refractivity contribution is 8.11. The van der Waals surface area contributed by atoms with Crippen LogP contribution in [0.5, 0.6) is 0 Å². The number of nitrogens with two attached hydrogens (primary N) is 1. The summed E-state index contributed by atoms with van der Waals surface area (Å²) in [5.74, 6) is -0.161. The minimum atomic E-state index is -0.161. The van der Waals surface area contributed by atoms with Crippen molar-refractivity contribution in [3.05, 3.63) is 0 Å². The molecule has 15 heavy (non-hydrogen) atoms. The van der Waals surface area contributed by atoms with Crippen molar-refractivity contribution in [3.8, 4) is 0 Å². The molecule has 0 bridgehead atoms. The molecule has 0 amide bonds. The number of ether oxygens (including phenoxy) is 1. The smallest absolute Gasteiger partial charge is 0.322 e. The fourth-order valence-electron chi connectivity index (χ4n) is 0.964. The van der Waals surface area contributed by atoms with Gasteiger partial charge in [-0.25, -0.2) is 0 Å². The van der Waals surface area contributed by atoms with E-state index in [1.807, 2.05) is 16.2 Å². The summed E-state index contributed by atoms with van der Waals surface area (Å²) in [6.45, 7) is 1.55. The van der Waals surface area contributed by atoms with E-state index in [4.69, 9.17) is 10.5 Å². The largest absolute Gasteiger partial charge is 0.465 e. The van der Waals surface area contributed by atoms with E-state index in [1.54, 1.807) is 0 Å². The summed E-state index contributed by atoms with van der Waals surface area (Å²) < 4.78 is 6.95. The van der Waals surface area contributed by atoms with Crippen LogP contribution in [0.2, 0.25) is 0 Å². The maximum absolute atomic E-state index is 11.3. The van der Waals surface area contributed by atoms with Crippen LogP contribution in [0.25, 0.3) is 0 Å². The van der Waals surface area contributed by atoms with Crippen molar-refractivity contribution in [2.45, 2.75) is 19.3 Å². The van der Waals surface area contributed by atoms with Gasteiger partial charge < -0.3 is 10.5 Å². The zero-order valence-corrected chi connectivity index (χ0v) is 11.0. The van der Waals surface area contributed by atoms with Gasteiger partial charge in [0.25, 0.3) is 0 Å². The molecule has 0 heterocycles. The van der Waals surface area contributed by atoms with Crippen LogP contribution in [-0.2, 0) is 9.53 Å². The van der Waals surface area contributed by atoms with Crippen LogP contribution in [0.15, 0.2) is 0 Å². The van der Waals surface area contributed by atoms with Crippen LogP contribution in [0, 0.1) is 0 Å². The molecule has 0 aromatic rings. The molecule has 6 heteroatoms. The first-order valence-corrected chi connectivity index (χ1v) is 7.32. The van der Waals surface area contributed by atoms with Crippen molar-refractivity contribution < 1.29 is 9.53 Å². The zero-order valence-electron chi connectivity index (χ0n) is 9.40. The lowest BCUT2D eigenvalue weighted by molar-refractivity contribution is -0.143. The van der Waals surface area contributed by atoms with E-state index < -0.39 is 0 Å². The van der Waals surface area contributed by atoms with Gasteiger partial charge in [-0.1, -0.05) is 23.9 Å². The second-order valence-corrected chi connectivity index (χ2v) is 4.77. The Bertz CT molecular complexity index is 166. The molecule has 0 atom stereocenters. The van der Waals surface area contributed by atoms with E-state index >= 15 is 0 Å². The average molecular weight is 252 g/mol. The summed E-state index contributed by atoms with van der Waals surface area (Å²) >= 11 is 3.05. The lowest BCUT2D eigenvalue weighted by Crippen LogP contribution is -2.20. The van der Waals surface area contributed by atoms with E-state index in [0.717, 1.165) is 19.3 Å². The highest BCUT2D eigenvalue weighted by Crippen LogP contribution is 2.15. The summed E-state index contributed by atoms with van der Waals surface area (Å²) in [6.07, 6.45) is 6.80. The number of carbonyl (C=O) groups is 1. The van der Waals surface area contributed by atoms with Crippen LogP contribution < -0.4 is 5.73 Å². The molecule has 0 aromatic heterocycles. The second kappa shape index (κ2) is 10.6. The van der Waals surface area contributed by atoms with E-state index in [9.17, 15) is 4.79 Å². The van der Waals surface area contributed by atoms with Crippen molar-refractivity contribution in [2.75, 3.05) is 32.2 Å². The molecular formula is C9H20N2O2S2. The van der Waals surface area contributed by atoms with Crippen molar-refractivity contribution in [1.82, 2.24) is 3.71 Å². The second-order valence-electron chi connectivity index (χ2n) is 2.93. The Labute approximate surface area is 101 Å². The van der Waals surface area contributed by atoms with Gasteiger partial charge in [0.2, 0.25) is 0 Å². The Balaban J connectivity index is 3.40. The van der Waals surface area contributed by atoms with E-state index in [2.05, 4.69) is 0 Å². The molecule has 0 aromatic carbocycles. The minimum absolute atomic E-state index is 0.161. The fraction of sp³-hybridized carbons (Fsp3) is 0.889. The van der Waals surface area contributed by atoms with E-state index in [0.29, 0.717) is 19.7 Å². The molecule has 0 radical (unpaired) electrons. The van der Waals surface area contributed by atoms with E-state index in [1.165, 1.54) is 23.9 Å². The number of unbranched alkanes of at least 4 members (excludes halogenated alkanes) is 2. The maximum Gasteiger partial charge on any atom is 0.322 e. The first-order valence-electron chi connectivity index (χ1n) is 4.96. The summed E-state index contributed by atoms with van der Waals surface area (Å²) in [4.78, 5) is 11.3. The Morgan fingerprint density at radius 1 is 1.27 bits per heavy atom. The van der Waals surface area contributed by atoms with Crippen LogP contribution in [-0.4, -0.2) is 41.9 Å². The van der Waals surface area contributed by atoms with Gasteiger partial charge in [0.1, 0.15) is 6.54 Å². The minimum Gasteiger partial charge on any atom is -0.465 e. The van der Waals surface area contributed by atoms with Crippen molar-refractivity contribution >= 4 is 29.9 Å². The third kappa shape index (κ3) is 9.04. The lowest BCUT2D eigenvalue weighted by Gasteiger charge is -2.14. The molecule has 0 rings (SSSR count). The quantitative estimate of drug-likeness (QED) is 0.381. The Morgan fingerprint density at radius 3 is 2.47 bits per heavy atom. The normalized spacial score (nSPS) is 10.7. The zero-order chi connectivity index (χ0) is 11.5. The van der Waals surface area contributed by atoms with Gasteiger partial charge in [0.05, 0.1) is 6.61 Å². The molecule has 0 aliphatic heterocycles. The average Bonchev–Trinajstić information content (AvgIpc) is 2.25. The Kier molecular flexibility index (Phi) is 10.7. The van der Waals surface area contributed by atoms with E-state index in [-0.39, 0.29) is 5.97 Å². The first kappa shape index (κ1) is 15.1. The molecule has 0 spiro atoms. The fourth-order valence-corrected chi connectivity index (χ4v) is 2.03. The van der Waals surface area contributed by atoms with Crippen LogP contribution in [0.1, 0.15) is 19.3 Å². The third-order valence-electron chi connectivity index (χ3n) is 1.78. The van der Waals surface area contributed by atoms with Gasteiger partial charge in [0.15, 0.2) is 0 Å². The van der Waals surface area contributed by atoms with Gasteiger partial charge in [0, 0.05) is 0 Å². The number of nitrogens with zero attached hydrogens (tertiary/aromatic N) is 1. The van der Waals surface area contributed by atoms with Gasteiger partial charge in [-0.2, -0.15) is 3.71 Å². The number of carbonyl (C=O) groups excluding carboxylic acids is 1. The van der Waals surface area contributed by atoms with Crippen molar-refractivity contribution in [2.24, 2.45) is 5.73 Å². The Morgan fingerprint density at radius 2 is 1.93 bits per heavy atom. The molecule has 0 aliphatic carbocycles. The van der Waals surface area contributed by atoms with Gasteiger partial charge in [-0.15, -0.1) is 0 Å². The first-order chi connectivity index (χ1) is 7.24. The summed E-state index contributed by atoms with van der Waals surface area (Å²) in [6, 6.07) is 0. The molecule has 0 aliphatic rings. The molecule has 0 saturated carbocycles. The topological polar surface area (TPSA) is 55.6 Å². The summed E-state index contributed by atoms with van der Waals surface area (Å²) in [7, 11) is 0. The predicted molar refractivity (Wildman–Crippen MR) is 67.6 cm³/mol. The van der Waals surface area contributed by atoms with Gasteiger partial charge >= 0.3 is 5.97 Å². The number of esters is 1. The standard InChI is InChI=1S/C9H20N2O2S2/c1-14-11(15-2)8-9(12)13-7-5-3-4-6-10/h3-8,10H2,1-2H3. The summed E-state index contributed by atoms with van der Waals surface area (Å²) in [5.41, 5.74) is 5.35. The third-order valence-corrected chi connectivity index (χ3v) is 3.74. The number of hydrogen-bond donors (Lipinski definition) is 1. The molecule has 0 fully saturated rings. The number of rotatable bonds is 9. The number of hydrogen-bond acceptors (Lipinski definition) is 6. The molecule has 2 N–H and O–H groups in total. The van der Waals surface area contributed by atoms with Gasteiger partial charge in [-0.3, -0.25) is 4.79 Å². The molecule has 0 unspecified atom stereocenters. The van der Waals surface area contributed by atoms with Crippen molar-refractivity contribution in [1.29, 1.82) is 0 Å². The van der Waals surface area contributed by atoms with Crippen LogP contribution >= 0.6 is 23.9 Å². The van der Waals surface area contributed by atoms with Crippen LogP contribution in [0.4, 0.5) is 0 Å². The summed E-state index contributed by atoms with van der Waals surface area (Å²) in [5, 5.41) is 0. The van der Waals surface area contributed by atoms with Crippen LogP contribution in [0.3, 0.4) is 0 Å². The molecule has 0 saturated heterocycles. The molecule has 90 valence electrons. The monoisotopic (exact) mass is 252 g/mol. The maximum atomic E-state index is 11.3. The highest BCUT2D eigenvalue weighted by atomic mass is 32.2. The highest BCUT2D eigenvalue weighted by Gasteiger charge is 2.09. The molecular weight excluding hydrogens is 232 g/mol. The SMILES string of the molecule is CSN(CC(=O)OCCCCCN)SC. The van der Waals surface area contributed by atoms with Crippen molar-refractivity contribution in [3.63, 3.8) is 0 Å². The Hall–Kier alpha value is 0.0900. The lowest BCUT2D eigenvalue weighted by atomic mass is 10.2. The predicted octanol–water partition coefficient (Wildman–Crippen LogP) is 1.52. The van der Waals surface area contributed by atoms with Gasteiger partial charge in [-0.05, 0) is 38.3 Å². The molecule has 4 nitrogen and oxygen atoms in total.